The molecule has 0 saturated carbocycles. The van der Waals surface area contributed by atoms with Crippen molar-refractivity contribution >= 4 is 27.4 Å². The summed E-state index contributed by atoms with van der Waals surface area (Å²) in [6.07, 6.45) is 1.99. The van der Waals surface area contributed by atoms with E-state index in [2.05, 4.69) is 71.4 Å². The van der Waals surface area contributed by atoms with Crippen LogP contribution in [0.15, 0.2) is 41.0 Å². The first kappa shape index (κ1) is 18.0. The van der Waals surface area contributed by atoms with Crippen LogP contribution in [0.3, 0.4) is 0 Å². The molecule has 124 valence electrons. The molecule has 23 heavy (non-hydrogen) atoms. The third-order valence-corrected chi connectivity index (χ3v) is 4.10. The lowest BCUT2D eigenvalue weighted by Crippen LogP contribution is -2.20. The molecule has 0 aliphatic heterocycles. The summed E-state index contributed by atoms with van der Waals surface area (Å²) in [5.41, 5.74) is 3.65. The van der Waals surface area contributed by atoms with Crippen LogP contribution in [0.5, 0.6) is 0 Å². The summed E-state index contributed by atoms with van der Waals surface area (Å²) in [6, 6.07) is 10.3. The van der Waals surface area contributed by atoms with Crippen molar-refractivity contribution in [2.75, 3.05) is 11.9 Å². The lowest BCUT2D eigenvalue weighted by Gasteiger charge is -2.16. The zero-order valence-corrected chi connectivity index (χ0v) is 15.9. The maximum atomic E-state index is 4.58. The van der Waals surface area contributed by atoms with E-state index in [-0.39, 0.29) is 0 Å². The Morgan fingerprint density at radius 3 is 2.57 bits per heavy atom. The summed E-state index contributed by atoms with van der Waals surface area (Å²) in [7, 11) is 0. The minimum atomic E-state index is 0.469. The van der Waals surface area contributed by atoms with Crippen LogP contribution in [0.1, 0.15) is 44.7 Å². The fraction of sp³-hybridized carbons (Fsp3) is 0.421. The van der Waals surface area contributed by atoms with Gasteiger partial charge in [0, 0.05) is 22.9 Å². The zero-order valence-electron chi connectivity index (χ0n) is 14.4. The summed E-state index contributed by atoms with van der Waals surface area (Å²) in [5.74, 6) is 2.01. The zero-order chi connectivity index (χ0) is 16.8. The minimum Gasteiger partial charge on any atom is -0.340 e. The Morgan fingerprint density at radius 1 is 1.13 bits per heavy atom. The summed E-state index contributed by atoms with van der Waals surface area (Å²) in [4.78, 5) is 4.58. The second-order valence-corrected chi connectivity index (χ2v) is 7.50. The molecule has 2 aromatic rings. The van der Waals surface area contributed by atoms with E-state index in [9.17, 15) is 0 Å². The predicted molar refractivity (Wildman–Crippen MR) is 102 cm³/mol. The van der Waals surface area contributed by atoms with Gasteiger partial charge in [-0.2, -0.15) is 0 Å². The number of aromatic nitrogens is 1. The number of hydrogen-bond donors (Lipinski definition) is 2. The number of rotatable bonds is 7. The van der Waals surface area contributed by atoms with Gasteiger partial charge in [-0.1, -0.05) is 49.7 Å². The van der Waals surface area contributed by atoms with Gasteiger partial charge in [-0.05, 0) is 53.8 Å². The van der Waals surface area contributed by atoms with Gasteiger partial charge in [0.1, 0.15) is 5.82 Å². The molecule has 0 atom stereocenters. The number of anilines is 2. The Bertz CT molecular complexity index is 638. The van der Waals surface area contributed by atoms with E-state index >= 15 is 0 Å². The number of nitrogens with one attached hydrogen (secondary N) is 2. The maximum absolute atomic E-state index is 4.58. The van der Waals surface area contributed by atoms with Gasteiger partial charge < -0.3 is 10.6 Å². The van der Waals surface area contributed by atoms with Gasteiger partial charge in [0.2, 0.25) is 0 Å². The topological polar surface area (TPSA) is 37.0 Å². The molecular weight excluding hydrogens is 350 g/mol. The first-order valence-corrected chi connectivity index (χ1v) is 8.97. The molecule has 4 heteroatoms. The molecule has 0 unspecified atom stereocenters. The van der Waals surface area contributed by atoms with Crippen molar-refractivity contribution in [1.29, 1.82) is 0 Å². The molecule has 0 bridgehead atoms. The van der Waals surface area contributed by atoms with Crippen molar-refractivity contribution in [3.05, 3.63) is 52.1 Å². The molecule has 2 rings (SSSR count). The first-order chi connectivity index (χ1) is 11.0. The fourth-order valence-corrected chi connectivity index (χ4v) is 2.86. The molecule has 1 heterocycles. The highest BCUT2D eigenvalue weighted by molar-refractivity contribution is 9.10. The Morgan fingerprint density at radius 2 is 1.91 bits per heavy atom. The van der Waals surface area contributed by atoms with Crippen molar-refractivity contribution in [3.8, 4) is 0 Å². The van der Waals surface area contributed by atoms with Crippen LogP contribution in [-0.4, -0.2) is 11.5 Å². The standard InChI is InChI=1S/C19H26BrN3/c1-13(2)10-21-11-15-12-22-19(9-18(15)14(3)4)23-17-7-5-6-16(20)8-17/h5-9,12-14,21H,10-11H2,1-4H3,(H,22,23). The largest absolute Gasteiger partial charge is 0.340 e. The quantitative estimate of drug-likeness (QED) is 0.674. The summed E-state index contributed by atoms with van der Waals surface area (Å²) in [5, 5.41) is 6.89. The lowest BCUT2D eigenvalue weighted by atomic mass is 9.98. The molecule has 2 N–H and O–H groups in total. The third kappa shape index (κ3) is 5.63. The average Bonchev–Trinajstić information content (AvgIpc) is 2.48. The normalized spacial score (nSPS) is 11.3. The molecule has 0 fully saturated rings. The van der Waals surface area contributed by atoms with E-state index < -0.39 is 0 Å². The fourth-order valence-electron chi connectivity index (χ4n) is 2.46. The molecule has 1 aromatic carbocycles. The summed E-state index contributed by atoms with van der Waals surface area (Å²) >= 11 is 3.50. The number of halogens is 1. The summed E-state index contributed by atoms with van der Waals surface area (Å²) in [6.45, 7) is 10.8. The van der Waals surface area contributed by atoms with Crippen LogP contribution >= 0.6 is 15.9 Å². The monoisotopic (exact) mass is 375 g/mol. The second-order valence-electron chi connectivity index (χ2n) is 6.58. The average molecular weight is 376 g/mol. The van der Waals surface area contributed by atoms with Crippen LogP contribution in [0.4, 0.5) is 11.5 Å². The van der Waals surface area contributed by atoms with Gasteiger partial charge in [-0.15, -0.1) is 0 Å². The smallest absolute Gasteiger partial charge is 0.130 e. The van der Waals surface area contributed by atoms with Crippen LogP contribution < -0.4 is 10.6 Å². The lowest BCUT2D eigenvalue weighted by molar-refractivity contribution is 0.549. The Kier molecular flexibility index (Phi) is 6.60. The molecule has 0 radical (unpaired) electrons. The Hall–Kier alpha value is -1.39. The highest BCUT2D eigenvalue weighted by Gasteiger charge is 2.09. The Labute approximate surface area is 148 Å². The van der Waals surface area contributed by atoms with Gasteiger partial charge in [-0.25, -0.2) is 4.98 Å². The minimum absolute atomic E-state index is 0.469. The molecular formula is C19H26BrN3. The third-order valence-electron chi connectivity index (χ3n) is 3.61. The molecule has 0 spiro atoms. The van der Waals surface area contributed by atoms with Crippen LogP contribution in [-0.2, 0) is 6.54 Å². The highest BCUT2D eigenvalue weighted by atomic mass is 79.9. The molecule has 0 aliphatic carbocycles. The SMILES string of the molecule is CC(C)CNCc1cnc(Nc2cccc(Br)c2)cc1C(C)C. The van der Waals surface area contributed by atoms with Gasteiger partial charge in [0.05, 0.1) is 0 Å². The van der Waals surface area contributed by atoms with Crippen molar-refractivity contribution < 1.29 is 0 Å². The number of nitrogens with zero attached hydrogens (tertiary/aromatic N) is 1. The van der Waals surface area contributed by atoms with Crippen molar-refractivity contribution in [3.63, 3.8) is 0 Å². The number of benzene rings is 1. The van der Waals surface area contributed by atoms with Crippen LogP contribution in [0.2, 0.25) is 0 Å². The summed E-state index contributed by atoms with van der Waals surface area (Å²) < 4.78 is 1.06. The van der Waals surface area contributed by atoms with E-state index in [0.29, 0.717) is 11.8 Å². The highest BCUT2D eigenvalue weighted by Crippen LogP contribution is 2.25. The van der Waals surface area contributed by atoms with Gasteiger partial charge in [0.25, 0.3) is 0 Å². The molecule has 0 saturated heterocycles. The van der Waals surface area contributed by atoms with E-state index in [1.54, 1.807) is 0 Å². The van der Waals surface area contributed by atoms with Gasteiger partial charge in [0.15, 0.2) is 0 Å². The molecule has 0 aliphatic rings. The van der Waals surface area contributed by atoms with Crippen LogP contribution in [0.25, 0.3) is 0 Å². The van der Waals surface area contributed by atoms with Crippen molar-refractivity contribution in [2.24, 2.45) is 5.92 Å². The molecule has 1 aromatic heterocycles. The molecule has 0 amide bonds. The number of pyridine rings is 1. The van der Waals surface area contributed by atoms with E-state index in [1.165, 1.54) is 11.1 Å². The maximum Gasteiger partial charge on any atom is 0.130 e. The van der Waals surface area contributed by atoms with E-state index in [4.69, 9.17) is 0 Å². The first-order valence-electron chi connectivity index (χ1n) is 8.18. The Balaban J connectivity index is 2.15. The van der Waals surface area contributed by atoms with E-state index in [1.807, 2.05) is 24.4 Å². The van der Waals surface area contributed by atoms with Crippen molar-refractivity contribution in [2.45, 2.75) is 40.2 Å². The van der Waals surface area contributed by atoms with E-state index in [0.717, 1.165) is 29.1 Å². The predicted octanol–water partition coefficient (Wildman–Crippen LogP) is 5.46. The molecule has 3 nitrogen and oxygen atoms in total. The number of hydrogen-bond acceptors (Lipinski definition) is 3. The van der Waals surface area contributed by atoms with Gasteiger partial charge in [-0.3, -0.25) is 0 Å². The van der Waals surface area contributed by atoms with Gasteiger partial charge >= 0.3 is 0 Å². The van der Waals surface area contributed by atoms with Crippen LogP contribution in [0, 0.1) is 5.92 Å². The van der Waals surface area contributed by atoms with Crippen molar-refractivity contribution in [1.82, 2.24) is 10.3 Å². The second kappa shape index (κ2) is 8.46.